The molecular weight excluding hydrogens is 388 g/mol. The predicted molar refractivity (Wildman–Crippen MR) is 84.2 cm³/mol. The molecule has 0 aromatic rings. The van der Waals surface area contributed by atoms with Crippen LogP contribution in [-0.4, -0.2) is 121 Å². The van der Waals surface area contributed by atoms with Crippen LogP contribution in [0.4, 0.5) is 0 Å². The van der Waals surface area contributed by atoms with Crippen molar-refractivity contribution in [1.82, 2.24) is 5.06 Å². The molecule has 2 aliphatic heterocycles. The minimum absolute atomic E-state index is 0.464. The van der Waals surface area contributed by atoms with Crippen LogP contribution in [0.2, 0.25) is 0 Å². The van der Waals surface area contributed by atoms with Crippen molar-refractivity contribution in [2.45, 2.75) is 68.3 Å². The van der Waals surface area contributed by atoms with Crippen molar-refractivity contribution >= 4 is 5.91 Å². The van der Waals surface area contributed by atoms with Crippen LogP contribution in [-0.2, 0) is 23.9 Å². The summed E-state index contributed by atoms with van der Waals surface area (Å²) < 4.78 is 10.2. The van der Waals surface area contributed by atoms with Gasteiger partial charge in [0.15, 0.2) is 6.29 Å². The first-order chi connectivity index (χ1) is 13.2. The summed E-state index contributed by atoms with van der Waals surface area (Å²) in [7, 11) is 0. The molecule has 2 aliphatic rings. The molecule has 2 saturated heterocycles. The first kappa shape index (κ1) is 23.3. The third-order valence-electron chi connectivity index (χ3n) is 4.64. The first-order valence-electron chi connectivity index (χ1n) is 8.43. The molecule has 14 nitrogen and oxygen atoms in total. The number of carbonyl (C=O) groups is 1. The Morgan fingerprint density at radius 2 is 1.54 bits per heavy atom. The number of hydrogen-bond donors (Lipinski definition) is 8. The van der Waals surface area contributed by atoms with Crippen molar-refractivity contribution in [3.8, 4) is 0 Å². The quantitative estimate of drug-likeness (QED) is 0.190. The van der Waals surface area contributed by atoms with Crippen LogP contribution in [0.25, 0.3) is 0 Å². The smallest absolute Gasteiger partial charge is 0.243 e. The summed E-state index contributed by atoms with van der Waals surface area (Å²) in [5.74, 6) is 4.30. The Kier molecular flexibility index (Phi) is 8.03. The molecule has 1 amide bonds. The lowest BCUT2D eigenvalue weighted by Crippen LogP contribution is -2.68. The molecule has 0 saturated carbocycles. The zero-order valence-corrected chi connectivity index (χ0v) is 14.9. The van der Waals surface area contributed by atoms with Crippen molar-refractivity contribution in [3.05, 3.63) is 0 Å². The third-order valence-corrected chi connectivity index (χ3v) is 4.64. The van der Waals surface area contributed by atoms with Gasteiger partial charge in [-0.05, 0) is 0 Å². The lowest BCUT2D eigenvalue weighted by molar-refractivity contribution is -0.386. The highest BCUT2D eigenvalue weighted by atomic mass is 16.8. The number of aliphatic hydroxyl groups excluding tert-OH is 7. The number of nitrogens with two attached hydrogens (primary N) is 1. The molecule has 2 fully saturated rings. The fourth-order valence-corrected chi connectivity index (χ4v) is 3.10. The summed E-state index contributed by atoms with van der Waals surface area (Å²) in [5, 5.41) is 69.0. The van der Waals surface area contributed by atoms with E-state index in [1.165, 1.54) is 0 Å². The normalized spacial score (nSPS) is 44.3. The monoisotopic (exact) mass is 414 g/mol. The fraction of sp³-hybridized carbons (Fsp3) is 0.929. The van der Waals surface area contributed by atoms with Gasteiger partial charge in [0.25, 0.3) is 0 Å². The molecule has 2 heterocycles. The zero-order valence-electron chi connectivity index (χ0n) is 14.9. The highest BCUT2D eigenvalue weighted by Gasteiger charge is 2.52. The molecule has 164 valence electrons. The van der Waals surface area contributed by atoms with Gasteiger partial charge in [0.1, 0.15) is 48.8 Å². The van der Waals surface area contributed by atoms with Gasteiger partial charge in [-0.25, -0.2) is 15.8 Å². The van der Waals surface area contributed by atoms with Crippen LogP contribution in [0.15, 0.2) is 0 Å². The van der Waals surface area contributed by atoms with E-state index in [0.717, 1.165) is 6.92 Å². The van der Waals surface area contributed by atoms with Gasteiger partial charge in [0, 0.05) is 6.92 Å². The van der Waals surface area contributed by atoms with Crippen LogP contribution >= 0.6 is 0 Å². The summed E-state index contributed by atoms with van der Waals surface area (Å²) in [6.07, 6.45) is -14.5. The van der Waals surface area contributed by atoms with Crippen LogP contribution in [0.3, 0.4) is 0 Å². The molecule has 0 radical (unpaired) electrons. The second-order valence-corrected chi connectivity index (χ2v) is 6.48. The molecule has 14 heteroatoms. The number of hydroxylamine groups is 2. The van der Waals surface area contributed by atoms with Gasteiger partial charge >= 0.3 is 0 Å². The lowest BCUT2D eigenvalue weighted by atomic mass is 9.96. The van der Waals surface area contributed by atoms with E-state index >= 15 is 0 Å². The SMILES string of the molecule is CC(=O)N(O[C@H]1O[C@H](CO)[C@@H](O)[C@H](O)[C@@H]1O)[C@@H]1[C@@H](ON)[C@H](O)[C@@H](CO)O[C@@H]1O. The van der Waals surface area contributed by atoms with E-state index in [4.69, 9.17) is 20.2 Å². The van der Waals surface area contributed by atoms with E-state index < -0.39 is 80.5 Å². The summed E-state index contributed by atoms with van der Waals surface area (Å²) in [6.45, 7) is -0.404. The van der Waals surface area contributed by atoms with Gasteiger partial charge in [-0.15, -0.1) is 0 Å². The second-order valence-electron chi connectivity index (χ2n) is 6.48. The first-order valence-corrected chi connectivity index (χ1v) is 8.43. The van der Waals surface area contributed by atoms with E-state index in [-0.39, 0.29) is 0 Å². The number of nitrogens with zero attached hydrogens (tertiary/aromatic N) is 1. The minimum Gasteiger partial charge on any atom is -0.394 e. The maximum atomic E-state index is 12.1. The Morgan fingerprint density at radius 3 is 2.04 bits per heavy atom. The highest BCUT2D eigenvalue weighted by Crippen LogP contribution is 2.29. The number of hydrogen-bond acceptors (Lipinski definition) is 13. The standard InChI is InChI=1S/C14H26N2O12/c1-4(19)16(7-12(27-15)9(21)6(3-18)25-13(7)24)28-14-11(23)10(22)8(20)5(2-17)26-14/h5-14,17-18,20-24H,2-3,15H2,1H3/t5-,6-,7-,8-,9-,10+,11+,12-,13+,14-/m1/s1. The van der Waals surface area contributed by atoms with E-state index in [1.54, 1.807) is 0 Å². The third kappa shape index (κ3) is 4.43. The molecule has 0 aliphatic carbocycles. The molecular formula is C14H26N2O12. The van der Waals surface area contributed by atoms with Gasteiger partial charge in [0.2, 0.25) is 12.2 Å². The molecule has 0 aromatic heterocycles. The Bertz CT molecular complexity index is 525. The number of aliphatic hydroxyl groups is 7. The molecule has 0 spiro atoms. The van der Waals surface area contributed by atoms with E-state index in [1.807, 2.05) is 0 Å². The average Bonchev–Trinajstić information content (AvgIpc) is 2.67. The summed E-state index contributed by atoms with van der Waals surface area (Å²) in [4.78, 5) is 22.0. The van der Waals surface area contributed by atoms with Crippen molar-refractivity contribution in [1.29, 1.82) is 0 Å². The van der Waals surface area contributed by atoms with Crippen LogP contribution < -0.4 is 5.90 Å². The molecule has 10 atom stereocenters. The van der Waals surface area contributed by atoms with Gasteiger partial charge in [-0.2, -0.15) is 0 Å². The van der Waals surface area contributed by atoms with Crippen LogP contribution in [0.1, 0.15) is 6.92 Å². The van der Waals surface area contributed by atoms with Gasteiger partial charge < -0.3 is 45.2 Å². The summed E-state index contributed by atoms with van der Waals surface area (Å²) in [6, 6.07) is -1.56. The highest BCUT2D eigenvalue weighted by molar-refractivity contribution is 5.72. The Hall–Kier alpha value is -1.01. The number of rotatable bonds is 6. The number of carbonyl (C=O) groups excluding carboxylic acids is 1. The lowest BCUT2D eigenvalue weighted by Gasteiger charge is -2.47. The molecule has 0 bridgehead atoms. The number of amides is 1. The summed E-state index contributed by atoms with van der Waals surface area (Å²) in [5.41, 5.74) is 0. The Morgan fingerprint density at radius 1 is 0.964 bits per heavy atom. The minimum atomic E-state index is -1.84. The maximum absolute atomic E-state index is 12.1. The molecule has 0 unspecified atom stereocenters. The molecule has 28 heavy (non-hydrogen) atoms. The Balaban J connectivity index is 2.25. The second kappa shape index (κ2) is 9.66. The van der Waals surface area contributed by atoms with Gasteiger partial charge in [-0.1, -0.05) is 0 Å². The van der Waals surface area contributed by atoms with E-state index in [9.17, 15) is 40.5 Å². The topological polar surface area (TPSA) is 225 Å². The fourth-order valence-electron chi connectivity index (χ4n) is 3.10. The van der Waals surface area contributed by atoms with Crippen molar-refractivity contribution in [3.63, 3.8) is 0 Å². The van der Waals surface area contributed by atoms with Crippen molar-refractivity contribution in [2.75, 3.05) is 13.2 Å². The van der Waals surface area contributed by atoms with Crippen molar-refractivity contribution < 1.29 is 59.7 Å². The van der Waals surface area contributed by atoms with Gasteiger partial charge in [-0.3, -0.25) is 9.63 Å². The van der Waals surface area contributed by atoms with Crippen LogP contribution in [0.5, 0.6) is 0 Å². The molecule has 2 rings (SSSR count). The maximum Gasteiger partial charge on any atom is 0.243 e. The number of ether oxygens (including phenoxy) is 2. The van der Waals surface area contributed by atoms with Gasteiger partial charge in [0.05, 0.1) is 13.2 Å². The predicted octanol–water partition coefficient (Wildman–Crippen LogP) is -5.74. The average molecular weight is 414 g/mol. The van der Waals surface area contributed by atoms with Crippen molar-refractivity contribution in [2.24, 2.45) is 5.90 Å². The largest absolute Gasteiger partial charge is 0.394 e. The molecule has 0 aromatic carbocycles. The molecule has 9 N–H and O–H groups in total. The van der Waals surface area contributed by atoms with E-state index in [0.29, 0.717) is 5.06 Å². The Labute approximate surface area is 159 Å². The van der Waals surface area contributed by atoms with Crippen LogP contribution in [0, 0.1) is 0 Å². The summed E-state index contributed by atoms with van der Waals surface area (Å²) >= 11 is 0. The van der Waals surface area contributed by atoms with E-state index in [2.05, 4.69) is 4.84 Å². The zero-order chi connectivity index (χ0) is 21.2.